The average Bonchev–Trinajstić information content (AvgIpc) is 2.67. The number of nitrogens with one attached hydrogen (secondary N) is 1. The van der Waals surface area contributed by atoms with Crippen molar-refractivity contribution in [2.45, 2.75) is 6.18 Å². The number of hydrogen-bond acceptors (Lipinski definition) is 2. The third-order valence-corrected chi connectivity index (χ3v) is 1.86. The van der Waals surface area contributed by atoms with E-state index in [9.17, 15) is 13.2 Å². The third kappa shape index (κ3) is 1.83. The highest BCUT2D eigenvalue weighted by molar-refractivity contribution is 5.61. The SMILES string of the molecule is FC(F)(F)c1[nH]ncc1-c1ccccn1. The van der Waals surface area contributed by atoms with Crippen LogP contribution in [0.2, 0.25) is 0 Å². The highest BCUT2D eigenvalue weighted by Gasteiger charge is 2.36. The molecule has 0 saturated heterocycles. The number of aromatic nitrogens is 3. The summed E-state index contributed by atoms with van der Waals surface area (Å²) in [4.78, 5) is 3.84. The first-order chi connectivity index (χ1) is 7.09. The van der Waals surface area contributed by atoms with Gasteiger partial charge in [-0.1, -0.05) is 6.07 Å². The van der Waals surface area contributed by atoms with E-state index in [1.807, 2.05) is 5.10 Å². The van der Waals surface area contributed by atoms with Gasteiger partial charge in [-0.15, -0.1) is 0 Å². The molecule has 3 nitrogen and oxygen atoms in total. The third-order valence-electron chi connectivity index (χ3n) is 1.86. The van der Waals surface area contributed by atoms with Crippen LogP contribution in [0.15, 0.2) is 30.6 Å². The lowest BCUT2D eigenvalue weighted by Crippen LogP contribution is -2.07. The zero-order valence-electron chi connectivity index (χ0n) is 7.42. The Morgan fingerprint density at radius 1 is 1.20 bits per heavy atom. The molecule has 0 fully saturated rings. The van der Waals surface area contributed by atoms with Gasteiger partial charge in [0.1, 0.15) is 5.69 Å². The van der Waals surface area contributed by atoms with Crippen LogP contribution >= 0.6 is 0 Å². The van der Waals surface area contributed by atoms with E-state index in [0.717, 1.165) is 6.20 Å². The minimum Gasteiger partial charge on any atom is -0.273 e. The standard InChI is InChI=1S/C9H6F3N3/c10-9(11,12)8-6(5-14-15-8)7-3-1-2-4-13-7/h1-5H,(H,14,15). The molecule has 2 aromatic rings. The predicted molar refractivity (Wildman–Crippen MR) is 46.8 cm³/mol. The molecule has 2 rings (SSSR count). The molecule has 0 aliphatic carbocycles. The lowest BCUT2D eigenvalue weighted by Gasteiger charge is -2.05. The second-order valence-corrected chi connectivity index (χ2v) is 2.87. The number of halogens is 3. The van der Waals surface area contributed by atoms with Gasteiger partial charge in [-0.3, -0.25) is 10.1 Å². The van der Waals surface area contributed by atoms with Crippen LogP contribution in [-0.2, 0) is 6.18 Å². The lowest BCUT2D eigenvalue weighted by atomic mass is 10.1. The van der Waals surface area contributed by atoms with Crippen molar-refractivity contribution in [2.75, 3.05) is 0 Å². The van der Waals surface area contributed by atoms with E-state index in [-0.39, 0.29) is 11.3 Å². The molecule has 15 heavy (non-hydrogen) atoms. The minimum absolute atomic E-state index is 0.0388. The molecular formula is C9H6F3N3. The van der Waals surface area contributed by atoms with E-state index in [0.29, 0.717) is 0 Å². The molecular weight excluding hydrogens is 207 g/mol. The molecule has 0 atom stereocenters. The normalized spacial score (nSPS) is 11.7. The minimum atomic E-state index is -4.44. The maximum absolute atomic E-state index is 12.5. The largest absolute Gasteiger partial charge is 0.433 e. The molecule has 2 heterocycles. The molecule has 2 aromatic heterocycles. The van der Waals surface area contributed by atoms with Gasteiger partial charge in [0.2, 0.25) is 0 Å². The molecule has 0 bridgehead atoms. The second-order valence-electron chi connectivity index (χ2n) is 2.87. The van der Waals surface area contributed by atoms with Gasteiger partial charge in [-0.25, -0.2) is 0 Å². The van der Waals surface area contributed by atoms with Crippen LogP contribution < -0.4 is 0 Å². The van der Waals surface area contributed by atoms with Crippen LogP contribution in [0.4, 0.5) is 13.2 Å². The van der Waals surface area contributed by atoms with Gasteiger partial charge >= 0.3 is 6.18 Å². The Balaban J connectivity index is 2.51. The zero-order chi connectivity index (χ0) is 10.9. The van der Waals surface area contributed by atoms with Crippen LogP contribution in [0, 0.1) is 0 Å². The Morgan fingerprint density at radius 3 is 2.60 bits per heavy atom. The molecule has 0 aliphatic heterocycles. The summed E-state index contributed by atoms with van der Waals surface area (Å²) in [6.45, 7) is 0. The van der Waals surface area contributed by atoms with Crippen LogP contribution in [0.25, 0.3) is 11.3 Å². The Labute approximate surface area is 83.0 Å². The van der Waals surface area contributed by atoms with Crippen molar-refractivity contribution in [3.63, 3.8) is 0 Å². The molecule has 0 amide bonds. The number of rotatable bonds is 1. The lowest BCUT2D eigenvalue weighted by molar-refractivity contribution is -0.140. The molecule has 1 N–H and O–H groups in total. The average molecular weight is 213 g/mol. The summed E-state index contributed by atoms with van der Waals surface area (Å²) in [6, 6.07) is 4.76. The van der Waals surface area contributed by atoms with Gasteiger partial charge in [0.25, 0.3) is 0 Å². The number of pyridine rings is 1. The summed E-state index contributed by atoms with van der Waals surface area (Å²) in [7, 11) is 0. The summed E-state index contributed by atoms with van der Waals surface area (Å²) < 4.78 is 37.4. The zero-order valence-corrected chi connectivity index (χ0v) is 7.42. The number of aromatic amines is 1. The Bertz CT molecular complexity index is 447. The fourth-order valence-electron chi connectivity index (χ4n) is 1.22. The molecule has 78 valence electrons. The molecule has 6 heteroatoms. The first-order valence-electron chi connectivity index (χ1n) is 4.11. The van der Waals surface area contributed by atoms with Gasteiger partial charge in [0.15, 0.2) is 0 Å². The fourth-order valence-corrected chi connectivity index (χ4v) is 1.22. The van der Waals surface area contributed by atoms with Gasteiger partial charge in [0.05, 0.1) is 17.5 Å². The van der Waals surface area contributed by atoms with E-state index in [1.165, 1.54) is 12.3 Å². The van der Waals surface area contributed by atoms with E-state index >= 15 is 0 Å². The van der Waals surface area contributed by atoms with E-state index < -0.39 is 11.9 Å². The number of hydrogen-bond donors (Lipinski definition) is 1. The smallest absolute Gasteiger partial charge is 0.273 e. The summed E-state index contributed by atoms with van der Waals surface area (Å²) in [6.07, 6.45) is -1.89. The van der Waals surface area contributed by atoms with Crippen LogP contribution in [0.5, 0.6) is 0 Å². The Kier molecular flexibility index (Phi) is 2.18. The molecule has 0 saturated carbocycles. The number of alkyl halides is 3. The second kappa shape index (κ2) is 3.38. The molecule has 0 radical (unpaired) electrons. The first kappa shape index (κ1) is 9.70. The molecule has 0 aliphatic rings. The maximum atomic E-state index is 12.5. The topological polar surface area (TPSA) is 41.6 Å². The van der Waals surface area contributed by atoms with Crippen molar-refractivity contribution in [3.8, 4) is 11.3 Å². The van der Waals surface area contributed by atoms with Gasteiger partial charge in [-0.05, 0) is 12.1 Å². The summed E-state index contributed by atoms with van der Waals surface area (Å²) >= 11 is 0. The van der Waals surface area contributed by atoms with E-state index in [4.69, 9.17) is 0 Å². The monoisotopic (exact) mass is 213 g/mol. The quantitative estimate of drug-likeness (QED) is 0.790. The summed E-state index contributed by atoms with van der Waals surface area (Å²) in [5, 5.41) is 5.31. The highest BCUT2D eigenvalue weighted by Crippen LogP contribution is 2.34. The number of H-pyrrole nitrogens is 1. The maximum Gasteiger partial charge on any atom is 0.433 e. The Morgan fingerprint density at radius 2 is 2.00 bits per heavy atom. The van der Waals surface area contributed by atoms with E-state index in [1.54, 1.807) is 12.1 Å². The molecule has 0 unspecified atom stereocenters. The first-order valence-corrected chi connectivity index (χ1v) is 4.11. The van der Waals surface area contributed by atoms with Crippen LogP contribution in [0.1, 0.15) is 5.69 Å². The van der Waals surface area contributed by atoms with Crippen molar-refractivity contribution in [1.29, 1.82) is 0 Å². The fraction of sp³-hybridized carbons (Fsp3) is 0.111. The summed E-state index contributed by atoms with van der Waals surface area (Å²) in [5.74, 6) is 0. The van der Waals surface area contributed by atoms with Crippen molar-refractivity contribution in [3.05, 3.63) is 36.3 Å². The molecule has 0 aromatic carbocycles. The van der Waals surface area contributed by atoms with Crippen LogP contribution in [0.3, 0.4) is 0 Å². The van der Waals surface area contributed by atoms with Crippen molar-refractivity contribution >= 4 is 0 Å². The molecule has 0 spiro atoms. The van der Waals surface area contributed by atoms with Gasteiger partial charge in [0, 0.05) is 6.20 Å². The predicted octanol–water partition coefficient (Wildman–Crippen LogP) is 2.49. The Hall–Kier alpha value is -1.85. The van der Waals surface area contributed by atoms with Crippen LogP contribution in [-0.4, -0.2) is 15.2 Å². The number of nitrogens with zero attached hydrogens (tertiary/aromatic N) is 2. The highest BCUT2D eigenvalue weighted by atomic mass is 19.4. The van der Waals surface area contributed by atoms with Crippen molar-refractivity contribution in [2.24, 2.45) is 0 Å². The van der Waals surface area contributed by atoms with Crippen molar-refractivity contribution in [1.82, 2.24) is 15.2 Å². The van der Waals surface area contributed by atoms with E-state index in [2.05, 4.69) is 10.1 Å². The van der Waals surface area contributed by atoms with Gasteiger partial charge < -0.3 is 0 Å². The van der Waals surface area contributed by atoms with Crippen molar-refractivity contribution < 1.29 is 13.2 Å². The van der Waals surface area contributed by atoms with Gasteiger partial charge in [-0.2, -0.15) is 18.3 Å². The summed E-state index contributed by atoms with van der Waals surface area (Å²) in [5.41, 5.74) is -0.664.